The minimum Gasteiger partial charge on any atom is -0.454 e. The van der Waals surface area contributed by atoms with E-state index in [1.54, 1.807) is 23.2 Å². The van der Waals surface area contributed by atoms with Gasteiger partial charge in [-0.05, 0) is 66.1 Å². The van der Waals surface area contributed by atoms with Crippen molar-refractivity contribution in [3.63, 3.8) is 0 Å². The standard InChI is InChI=1S/C33H32N4O4/c38-32(36-20-18-35(19-21-36)23-26-11-15-29-30(22-26)41-24-40-29)16-12-25-9-13-28(14-10-25)37(31-8-4-5-17-34-31)33(39)27-6-2-1-3-7-27/h1-11,13-15,17,22H,12,16,18-21,23-24H2. The van der Waals surface area contributed by atoms with Crippen molar-refractivity contribution in [2.45, 2.75) is 19.4 Å². The number of pyridine rings is 1. The number of rotatable bonds is 8. The van der Waals surface area contributed by atoms with E-state index < -0.39 is 0 Å². The number of carbonyl (C=O) groups is 2. The summed E-state index contributed by atoms with van der Waals surface area (Å²) in [6, 6.07) is 28.6. The van der Waals surface area contributed by atoms with Crippen molar-refractivity contribution in [2.75, 3.05) is 37.9 Å². The Hall–Kier alpha value is -4.69. The van der Waals surface area contributed by atoms with E-state index in [2.05, 4.69) is 16.0 Å². The van der Waals surface area contributed by atoms with Crippen LogP contribution in [0.4, 0.5) is 11.5 Å². The molecule has 0 saturated carbocycles. The molecule has 1 aromatic heterocycles. The monoisotopic (exact) mass is 548 g/mol. The molecule has 0 atom stereocenters. The fourth-order valence-electron chi connectivity index (χ4n) is 5.22. The number of anilines is 2. The molecule has 2 aliphatic heterocycles. The maximum Gasteiger partial charge on any atom is 0.264 e. The quantitative estimate of drug-likeness (QED) is 0.306. The zero-order valence-electron chi connectivity index (χ0n) is 22.8. The Morgan fingerprint density at radius 3 is 2.27 bits per heavy atom. The smallest absolute Gasteiger partial charge is 0.264 e. The number of amides is 2. The van der Waals surface area contributed by atoms with Crippen molar-refractivity contribution < 1.29 is 19.1 Å². The lowest BCUT2D eigenvalue weighted by atomic mass is 10.1. The van der Waals surface area contributed by atoms with E-state index in [0.29, 0.717) is 24.2 Å². The first-order valence-electron chi connectivity index (χ1n) is 13.9. The molecule has 2 amide bonds. The minimum atomic E-state index is -0.148. The SMILES string of the molecule is O=C(CCc1ccc(N(C(=O)c2ccccc2)c2ccccn2)cc1)N1CCN(Cc2ccc3c(c2)OCO3)CC1. The lowest BCUT2D eigenvalue weighted by Gasteiger charge is -2.35. The van der Waals surface area contributed by atoms with Gasteiger partial charge in [0.15, 0.2) is 11.5 Å². The molecule has 0 N–H and O–H groups in total. The predicted molar refractivity (Wildman–Crippen MR) is 156 cm³/mol. The molecular weight excluding hydrogens is 516 g/mol. The maximum absolute atomic E-state index is 13.4. The van der Waals surface area contributed by atoms with Crippen LogP contribution in [0.25, 0.3) is 0 Å². The van der Waals surface area contributed by atoms with Crippen molar-refractivity contribution in [1.82, 2.24) is 14.8 Å². The van der Waals surface area contributed by atoms with E-state index in [-0.39, 0.29) is 18.6 Å². The Balaban J connectivity index is 1.03. The van der Waals surface area contributed by atoms with Gasteiger partial charge in [-0.25, -0.2) is 4.98 Å². The van der Waals surface area contributed by atoms with E-state index in [9.17, 15) is 9.59 Å². The van der Waals surface area contributed by atoms with E-state index in [1.807, 2.05) is 77.7 Å². The Kier molecular flexibility index (Phi) is 7.91. The van der Waals surface area contributed by atoms with E-state index in [0.717, 1.165) is 55.5 Å². The van der Waals surface area contributed by atoms with Crippen LogP contribution >= 0.6 is 0 Å². The van der Waals surface area contributed by atoms with E-state index in [4.69, 9.17) is 9.47 Å². The van der Waals surface area contributed by atoms with Crippen LogP contribution in [0.5, 0.6) is 11.5 Å². The first-order chi connectivity index (χ1) is 20.1. The third-order valence-electron chi connectivity index (χ3n) is 7.49. The number of piperazine rings is 1. The van der Waals surface area contributed by atoms with Crippen molar-refractivity contribution in [3.8, 4) is 11.5 Å². The van der Waals surface area contributed by atoms with Gasteiger partial charge in [-0.1, -0.05) is 42.5 Å². The molecule has 8 nitrogen and oxygen atoms in total. The molecule has 0 radical (unpaired) electrons. The molecule has 2 aliphatic rings. The number of hydrogen-bond donors (Lipinski definition) is 0. The highest BCUT2D eigenvalue weighted by Crippen LogP contribution is 2.33. The van der Waals surface area contributed by atoms with Crippen LogP contribution in [0.1, 0.15) is 27.9 Å². The Morgan fingerprint density at radius 2 is 1.51 bits per heavy atom. The molecule has 4 aromatic rings. The summed E-state index contributed by atoms with van der Waals surface area (Å²) in [6.07, 6.45) is 2.78. The predicted octanol–water partition coefficient (Wildman–Crippen LogP) is 5.07. The third kappa shape index (κ3) is 6.23. The average Bonchev–Trinajstić information content (AvgIpc) is 3.50. The van der Waals surface area contributed by atoms with Crippen molar-refractivity contribution >= 4 is 23.3 Å². The number of ether oxygens (including phenoxy) is 2. The summed E-state index contributed by atoms with van der Waals surface area (Å²) < 4.78 is 10.9. The van der Waals surface area contributed by atoms with Crippen LogP contribution in [0.3, 0.4) is 0 Å². The summed E-state index contributed by atoms with van der Waals surface area (Å²) in [7, 11) is 0. The van der Waals surface area contributed by atoms with Crippen molar-refractivity contribution in [2.24, 2.45) is 0 Å². The molecule has 1 saturated heterocycles. The highest BCUT2D eigenvalue weighted by molar-refractivity contribution is 6.10. The Labute approximate surface area is 239 Å². The van der Waals surface area contributed by atoms with Gasteiger partial charge in [0.1, 0.15) is 5.82 Å². The summed E-state index contributed by atoms with van der Waals surface area (Å²) in [6.45, 7) is 4.24. The number of hydrogen-bond acceptors (Lipinski definition) is 6. The maximum atomic E-state index is 13.4. The summed E-state index contributed by atoms with van der Waals surface area (Å²) in [5.74, 6) is 2.18. The average molecular weight is 549 g/mol. The van der Waals surface area contributed by atoms with Gasteiger partial charge in [0.05, 0.1) is 5.69 Å². The second-order valence-corrected chi connectivity index (χ2v) is 10.2. The number of nitrogens with zero attached hydrogens (tertiary/aromatic N) is 4. The summed E-state index contributed by atoms with van der Waals surface area (Å²) in [4.78, 5) is 36.8. The fraction of sp³-hybridized carbons (Fsp3) is 0.242. The molecular formula is C33H32N4O4. The molecule has 0 unspecified atom stereocenters. The van der Waals surface area contributed by atoms with Gasteiger partial charge in [0, 0.05) is 50.9 Å². The molecule has 3 heterocycles. The molecule has 0 spiro atoms. The van der Waals surface area contributed by atoms with E-state index >= 15 is 0 Å². The van der Waals surface area contributed by atoms with Crippen LogP contribution in [-0.2, 0) is 17.8 Å². The van der Waals surface area contributed by atoms with Gasteiger partial charge in [-0.15, -0.1) is 0 Å². The molecule has 3 aromatic carbocycles. The normalized spacial score (nSPS) is 14.6. The second-order valence-electron chi connectivity index (χ2n) is 10.2. The van der Waals surface area contributed by atoms with Crippen molar-refractivity contribution in [1.29, 1.82) is 0 Å². The summed E-state index contributed by atoms with van der Waals surface area (Å²) in [5.41, 5.74) is 3.55. The molecule has 208 valence electrons. The largest absolute Gasteiger partial charge is 0.454 e. The summed E-state index contributed by atoms with van der Waals surface area (Å²) in [5, 5.41) is 0. The van der Waals surface area contributed by atoms with Crippen molar-refractivity contribution in [3.05, 3.63) is 114 Å². The number of fused-ring (bicyclic) bond motifs is 1. The number of carbonyl (C=O) groups excluding carboxylic acids is 2. The number of benzene rings is 3. The molecule has 8 heteroatoms. The van der Waals surface area contributed by atoms with Gasteiger partial charge < -0.3 is 14.4 Å². The lowest BCUT2D eigenvalue weighted by Crippen LogP contribution is -2.48. The fourth-order valence-corrected chi connectivity index (χ4v) is 5.22. The van der Waals surface area contributed by atoms with Crippen LogP contribution in [0.2, 0.25) is 0 Å². The van der Waals surface area contributed by atoms with E-state index in [1.165, 1.54) is 5.56 Å². The minimum absolute atomic E-state index is 0.148. The third-order valence-corrected chi connectivity index (χ3v) is 7.49. The van der Waals surface area contributed by atoms with Crippen LogP contribution in [0, 0.1) is 0 Å². The highest BCUT2D eigenvalue weighted by Gasteiger charge is 2.23. The van der Waals surface area contributed by atoms with Crippen LogP contribution in [-0.4, -0.2) is 59.6 Å². The first kappa shape index (κ1) is 26.5. The topological polar surface area (TPSA) is 75.2 Å². The molecule has 41 heavy (non-hydrogen) atoms. The molecule has 6 rings (SSSR count). The zero-order valence-corrected chi connectivity index (χ0v) is 22.8. The van der Waals surface area contributed by atoms with Gasteiger partial charge in [-0.2, -0.15) is 0 Å². The molecule has 0 bridgehead atoms. The van der Waals surface area contributed by atoms with Gasteiger partial charge in [0.25, 0.3) is 5.91 Å². The first-order valence-corrected chi connectivity index (χ1v) is 13.9. The molecule has 0 aliphatic carbocycles. The lowest BCUT2D eigenvalue weighted by molar-refractivity contribution is -0.133. The number of aromatic nitrogens is 1. The Bertz CT molecular complexity index is 1490. The summed E-state index contributed by atoms with van der Waals surface area (Å²) >= 11 is 0. The second kappa shape index (κ2) is 12.2. The number of aryl methyl sites for hydroxylation is 1. The van der Waals surface area contributed by atoms with Gasteiger partial charge in [0.2, 0.25) is 12.7 Å². The van der Waals surface area contributed by atoms with Gasteiger partial charge >= 0.3 is 0 Å². The van der Waals surface area contributed by atoms with Crippen LogP contribution < -0.4 is 14.4 Å². The van der Waals surface area contributed by atoms with Crippen LogP contribution in [0.15, 0.2) is 97.2 Å². The highest BCUT2D eigenvalue weighted by atomic mass is 16.7. The molecule has 1 fully saturated rings. The Morgan fingerprint density at radius 1 is 0.780 bits per heavy atom. The zero-order chi connectivity index (χ0) is 28.0. The van der Waals surface area contributed by atoms with Gasteiger partial charge in [-0.3, -0.25) is 19.4 Å².